The van der Waals surface area contributed by atoms with Crippen molar-refractivity contribution in [3.8, 4) is 0 Å². The fourth-order valence-corrected chi connectivity index (χ4v) is 4.62. The van der Waals surface area contributed by atoms with Crippen molar-refractivity contribution in [1.29, 1.82) is 0 Å². The van der Waals surface area contributed by atoms with Gasteiger partial charge in [0.1, 0.15) is 11.6 Å². The molecule has 0 atom stereocenters. The topological polar surface area (TPSA) is 34.9 Å². The third-order valence-corrected chi connectivity index (χ3v) is 6.02. The van der Waals surface area contributed by atoms with E-state index in [2.05, 4.69) is 25.5 Å². The van der Waals surface area contributed by atoms with Crippen LogP contribution in [0.3, 0.4) is 0 Å². The molecule has 0 amide bonds. The lowest BCUT2D eigenvalue weighted by Crippen LogP contribution is -2.23. The number of benzene rings is 1. The van der Waals surface area contributed by atoms with Crippen molar-refractivity contribution in [2.45, 2.75) is 25.3 Å². The molecule has 0 bridgehead atoms. The molecule has 1 aliphatic rings. The van der Waals surface area contributed by atoms with Gasteiger partial charge in [0.05, 0.1) is 15.5 Å². The summed E-state index contributed by atoms with van der Waals surface area (Å²) in [6, 6.07) is 3.50. The van der Waals surface area contributed by atoms with E-state index in [0.29, 0.717) is 33.8 Å². The fraction of sp³-hybridized carbons (Fsp3) is 0.500. The Morgan fingerprint density at radius 1 is 1.43 bits per heavy atom. The van der Waals surface area contributed by atoms with Crippen molar-refractivity contribution in [1.82, 2.24) is 9.55 Å². The number of halogens is 3. The molecule has 0 radical (unpaired) electrons. The maximum absolute atomic E-state index is 13.7. The van der Waals surface area contributed by atoms with Crippen LogP contribution >= 0.6 is 27.5 Å². The van der Waals surface area contributed by atoms with Crippen molar-refractivity contribution < 1.29 is 8.60 Å². The first-order chi connectivity index (χ1) is 10.1. The Balaban J connectivity index is 2.11. The summed E-state index contributed by atoms with van der Waals surface area (Å²) in [6.45, 7) is 0. The van der Waals surface area contributed by atoms with Crippen LogP contribution in [0.25, 0.3) is 11.0 Å². The SMILES string of the molecule is O=S1CCC(n2c(CCCl)nc3cc(F)c(Br)cc32)CC1. The molecule has 0 N–H and O–H groups in total. The molecule has 1 aliphatic heterocycles. The van der Waals surface area contributed by atoms with Crippen LogP contribution in [0.1, 0.15) is 24.7 Å². The Morgan fingerprint density at radius 2 is 2.14 bits per heavy atom. The molecule has 0 aliphatic carbocycles. The number of aryl methyl sites for hydroxylation is 1. The lowest BCUT2D eigenvalue weighted by atomic mass is 10.1. The summed E-state index contributed by atoms with van der Waals surface area (Å²) in [5, 5.41) is 0. The van der Waals surface area contributed by atoms with Gasteiger partial charge in [-0.25, -0.2) is 9.37 Å². The Kier molecular flexibility index (Phi) is 4.66. The molecule has 114 valence electrons. The number of alkyl halides is 1. The van der Waals surface area contributed by atoms with E-state index in [-0.39, 0.29) is 11.9 Å². The molecule has 0 saturated carbocycles. The quantitative estimate of drug-likeness (QED) is 0.743. The van der Waals surface area contributed by atoms with Crippen LogP contribution in [0, 0.1) is 5.82 Å². The average molecular weight is 394 g/mol. The van der Waals surface area contributed by atoms with Crippen molar-refractivity contribution in [3.05, 3.63) is 28.2 Å². The van der Waals surface area contributed by atoms with Crippen LogP contribution in [0.15, 0.2) is 16.6 Å². The molecular formula is C14H15BrClFN2OS. The van der Waals surface area contributed by atoms with Gasteiger partial charge in [-0.2, -0.15) is 0 Å². The zero-order chi connectivity index (χ0) is 15.0. The molecule has 3 nitrogen and oxygen atoms in total. The third kappa shape index (κ3) is 3.03. The second-order valence-corrected chi connectivity index (χ2v) is 8.10. The van der Waals surface area contributed by atoms with Crippen LogP contribution in [-0.4, -0.2) is 31.1 Å². The van der Waals surface area contributed by atoms with Gasteiger partial charge in [-0.1, -0.05) is 0 Å². The Labute approximate surface area is 138 Å². The van der Waals surface area contributed by atoms with E-state index in [1.807, 2.05) is 0 Å². The second kappa shape index (κ2) is 6.34. The van der Waals surface area contributed by atoms with E-state index in [0.717, 1.165) is 24.2 Å². The monoisotopic (exact) mass is 392 g/mol. The van der Waals surface area contributed by atoms with Crippen molar-refractivity contribution >= 4 is 49.4 Å². The number of hydrogen-bond donors (Lipinski definition) is 0. The first-order valence-corrected chi connectivity index (χ1v) is 9.68. The number of fused-ring (bicyclic) bond motifs is 1. The molecule has 2 heterocycles. The van der Waals surface area contributed by atoms with Crippen LogP contribution in [0.4, 0.5) is 4.39 Å². The van der Waals surface area contributed by atoms with Gasteiger partial charge in [-0.15, -0.1) is 11.6 Å². The number of rotatable bonds is 3. The normalized spacial score (nSPS) is 22.8. The highest BCUT2D eigenvalue weighted by molar-refractivity contribution is 9.10. The van der Waals surface area contributed by atoms with Crippen molar-refractivity contribution in [2.75, 3.05) is 17.4 Å². The first kappa shape index (κ1) is 15.4. The predicted molar refractivity (Wildman–Crippen MR) is 88.0 cm³/mol. The van der Waals surface area contributed by atoms with Crippen molar-refractivity contribution in [3.63, 3.8) is 0 Å². The molecule has 0 spiro atoms. The van der Waals surface area contributed by atoms with Gasteiger partial charge in [-0.3, -0.25) is 4.21 Å². The molecule has 1 aromatic heterocycles. The van der Waals surface area contributed by atoms with E-state index in [9.17, 15) is 8.60 Å². The van der Waals surface area contributed by atoms with Crippen molar-refractivity contribution in [2.24, 2.45) is 0 Å². The van der Waals surface area contributed by atoms with Crippen LogP contribution < -0.4 is 0 Å². The summed E-state index contributed by atoms with van der Waals surface area (Å²) in [6.07, 6.45) is 2.37. The summed E-state index contributed by atoms with van der Waals surface area (Å²) in [5.74, 6) is 2.48. The molecule has 1 saturated heterocycles. The standard InChI is InChI=1S/C14H15BrClFN2OS/c15-10-7-13-12(8-11(10)17)18-14(1-4-16)19(13)9-2-5-21(20)6-3-9/h7-9H,1-6H2. The van der Waals surface area contributed by atoms with Gasteiger partial charge in [0.2, 0.25) is 0 Å². The average Bonchev–Trinajstić information content (AvgIpc) is 2.78. The van der Waals surface area contributed by atoms with Gasteiger partial charge in [0.25, 0.3) is 0 Å². The number of aromatic nitrogens is 2. The minimum atomic E-state index is -0.704. The maximum Gasteiger partial charge on any atom is 0.139 e. The Morgan fingerprint density at radius 3 is 2.81 bits per heavy atom. The molecule has 7 heteroatoms. The number of hydrogen-bond acceptors (Lipinski definition) is 2. The van der Waals surface area contributed by atoms with E-state index in [1.165, 1.54) is 6.07 Å². The zero-order valence-corrected chi connectivity index (χ0v) is 14.5. The number of nitrogens with zero attached hydrogens (tertiary/aromatic N) is 2. The van der Waals surface area contributed by atoms with E-state index in [4.69, 9.17) is 11.6 Å². The highest BCUT2D eigenvalue weighted by Gasteiger charge is 2.24. The molecule has 21 heavy (non-hydrogen) atoms. The Hall–Kier alpha value is -0.460. The molecule has 0 unspecified atom stereocenters. The van der Waals surface area contributed by atoms with Gasteiger partial charge in [0.15, 0.2) is 0 Å². The number of imidazole rings is 1. The van der Waals surface area contributed by atoms with Gasteiger partial charge in [0, 0.05) is 46.7 Å². The smallest absolute Gasteiger partial charge is 0.139 e. The summed E-state index contributed by atoms with van der Waals surface area (Å²) < 4.78 is 27.9. The van der Waals surface area contributed by atoms with E-state index < -0.39 is 10.8 Å². The molecule has 3 rings (SSSR count). The third-order valence-electron chi connectivity index (χ3n) is 3.85. The summed E-state index contributed by atoms with van der Waals surface area (Å²) >= 11 is 9.12. The molecular weight excluding hydrogens is 379 g/mol. The lowest BCUT2D eigenvalue weighted by molar-refractivity contribution is 0.459. The maximum atomic E-state index is 13.7. The fourth-order valence-electron chi connectivity index (χ4n) is 2.85. The Bertz CT molecular complexity index is 696. The second-order valence-electron chi connectivity index (χ2n) is 5.17. The zero-order valence-electron chi connectivity index (χ0n) is 11.3. The summed E-state index contributed by atoms with van der Waals surface area (Å²) in [5.41, 5.74) is 1.57. The largest absolute Gasteiger partial charge is 0.325 e. The predicted octanol–water partition coefficient (Wildman–Crippen LogP) is 3.80. The van der Waals surface area contributed by atoms with Gasteiger partial charge >= 0.3 is 0 Å². The van der Waals surface area contributed by atoms with E-state index in [1.54, 1.807) is 6.07 Å². The molecule has 2 aromatic rings. The van der Waals surface area contributed by atoms with Crippen LogP contribution in [0.5, 0.6) is 0 Å². The van der Waals surface area contributed by atoms with Crippen LogP contribution in [-0.2, 0) is 17.2 Å². The first-order valence-electron chi connectivity index (χ1n) is 6.87. The van der Waals surface area contributed by atoms with Gasteiger partial charge < -0.3 is 4.57 Å². The van der Waals surface area contributed by atoms with Gasteiger partial charge in [-0.05, 0) is 34.8 Å². The lowest BCUT2D eigenvalue weighted by Gasteiger charge is -2.25. The molecule has 1 fully saturated rings. The highest BCUT2D eigenvalue weighted by atomic mass is 79.9. The minimum Gasteiger partial charge on any atom is -0.325 e. The summed E-state index contributed by atoms with van der Waals surface area (Å²) in [7, 11) is -0.704. The van der Waals surface area contributed by atoms with E-state index >= 15 is 0 Å². The van der Waals surface area contributed by atoms with Crippen LogP contribution in [0.2, 0.25) is 0 Å². The summed E-state index contributed by atoms with van der Waals surface area (Å²) in [4.78, 5) is 4.54. The molecule has 1 aromatic carbocycles. The minimum absolute atomic E-state index is 0.267. The highest BCUT2D eigenvalue weighted by Crippen LogP contribution is 2.31.